The van der Waals surface area contributed by atoms with Gasteiger partial charge in [-0.1, -0.05) is 12.1 Å². The third-order valence-electron chi connectivity index (χ3n) is 4.36. The molecule has 2 aromatic rings. The van der Waals surface area contributed by atoms with Crippen molar-refractivity contribution in [3.8, 4) is 5.75 Å². The molecule has 1 N–H and O–H groups in total. The molecule has 4 rings (SSSR count). The van der Waals surface area contributed by atoms with E-state index in [4.69, 9.17) is 4.74 Å². The molecule has 1 aromatic heterocycles. The summed E-state index contributed by atoms with van der Waals surface area (Å²) in [6, 6.07) is 9.44. The van der Waals surface area contributed by atoms with Crippen LogP contribution < -0.4 is 10.1 Å². The van der Waals surface area contributed by atoms with Crippen LogP contribution in [0, 0.1) is 0 Å². The molecule has 1 unspecified atom stereocenters. The van der Waals surface area contributed by atoms with Crippen molar-refractivity contribution in [2.45, 2.75) is 38.3 Å². The smallest absolute Gasteiger partial charge is 0.122 e. The first-order valence-electron chi connectivity index (χ1n) is 7.44. The SMILES string of the molecule is c1cc2c(s1)CCCC2NCc1ccc2c(c1)CCO2. The predicted octanol–water partition coefficient (Wildman–Crippen LogP) is 3.85. The van der Waals surface area contributed by atoms with Gasteiger partial charge in [-0.05, 0) is 53.5 Å². The van der Waals surface area contributed by atoms with Crippen molar-refractivity contribution < 1.29 is 4.74 Å². The first kappa shape index (κ1) is 12.4. The summed E-state index contributed by atoms with van der Waals surface area (Å²) in [5.74, 6) is 1.08. The minimum Gasteiger partial charge on any atom is -0.493 e. The molecule has 0 saturated carbocycles. The van der Waals surface area contributed by atoms with Gasteiger partial charge in [-0.15, -0.1) is 11.3 Å². The molecule has 0 bridgehead atoms. The zero-order chi connectivity index (χ0) is 13.4. The normalized spacial score (nSPS) is 20.3. The fourth-order valence-corrected chi connectivity index (χ4v) is 4.28. The maximum Gasteiger partial charge on any atom is 0.122 e. The lowest BCUT2D eigenvalue weighted by Gasteiger charge is -2.24. The van der Waals surface area contributed by atoms with Gasteiger partial charge >= 0.3 is 0 Å². The summed E-state index contributed by atoms with van der Waals surface area (Å²) in [6.07, 6.45) is 4.89. The van der Waals surface area contributed by atoms with Crippen molar-refractivity contribution in [1.29, 1.82) is 0 Å². The molecule has 1 aliphatic heterocycles. The van der Waals surface area contributed by atoms with Crippen LogP contribution in [-0.4, -0.2) is 6.61 Å². The van der Waals surface area contributed by atoms with Crippen LogP contribution in [0.2, 0.25) is 0 Å². The Morgan fingerprint density at radius 2 is 2.25 bits per heavy atom. The summed E-state index contributed by atoms with van der Waals surface area (Å²) in [5.41, 5.74) is 4.27. The monoisotopic (exact) mass is 285 g/mol. The number of ether oxygens (including phenoxy) is 1. The van der Waals surface area contributed by atoms with Crippen molar-refractivity contribution in [1.82, 2.24) is 5.32 Å². The van der Waals surface area contributed by atoms with Gasteiger partial charge in [0.25, 0.3) is 0 Å². The molecule has 2 nitrogen and oxygen atoms in total. The van der Waals surface area contributed by atoms with E-state index >= 15 is 0 Å². The second-order valence-corrected chi connectivity index (χ2v) is 6.67. The van der Waals surface area contributed by atoms with Crippen LogP contribution in [-0.2, 0) is 19.4 Å². The maximum atomic E-state index is 5.56. The van der Waals surface area contributed by atoms with Crippen LogP contribution in [0.15, 0.2) is 29.6 Å². The molecule has 0 radical (unpaired) electrons. The molecule has 0 saturated heterocycles. The van der Waals surface area contributed by atoms with Gasteiger partial charge in [0.2, 0.25) is 0 Å². The van der Waals surface area contributed by atoms with E-state index in [0.717, 1.165) is 25.3 Å². The van der Waals surface area contributed by atoms with Gasteiger partial charge in [0, 0.05) is 23.9 Å². The molecule has 20 heavy (non-hydrogen) atoms. The summed E-state index contributed by atoms with van der Waals surface area (Å²) in [6.45, 7) is 1.79. The zero-order valence-corrected chi connectivity index (χ0v) is 12.3. The number of aryl methyl sites for hydroxylation is 1. The number of nitrogens with one attached hydrogen (secondary N) is 1. The highest BCUT2D eigenvalue weighted by atomic mass is 32.1. The molecule has 0 amide bonds. The van der Waals surface area contributed by atoms with E-state index in [9.17, 15) is 0 Å². The summed E-state index contributed by atoms with van der Waals surface area (Å²) in [7, 11) is 0. The number of hydrogen-bond donors (Lipinski definition) is 1. The summed E-state index contributed by atoms with van der Waals surface area (Å²) in [5, 5.41) is 5.97. The van der Waals surface area contributed by atoms with Crippen molar-refractivity contribution in [3.63, 3.8) is 0 Å². The minimum atomic E-state index is 0.537. The van der Waals surface area contributed by atoms with Crippen LogP contribution >= 0.6 is 11.3 Å². The highest BCUT2D eigenvalue weighted by Crippen LogP contribution is 2.33. The van der Waals surface area contributed by atoms with Crippen molar-refractivity contribution >= 4 is 11.3 Å². The molecule has 1 aliphatic carbocycles. The highest BCUT2D eigenvalue weighted by molar-refractivity contribution is 7.10. The molecular weight excluding hydrogens is 266 g/mol. The van der Waals surface area contributed by atoms with Crippen molar-refractivity contribution in [2.24, 2.45) is 0 Å². The van der Waals surface area contributed by atoms with Crippen LogP contribution in [0.5, 0.6) is 5.75 Å². The quantitative estimate of drug-likeness (QED) is 0.925. The van der Waals surface area contributed by atoms with Crippen LogP contribution in [0.1, 0.15) is 40.5 Å². The largest absolute Gasteiger partial charge is 0.493 e. The fraction of sp³-hybridized carbons (Fsp3) is 0.412. The van der Waals surface area contributed by atoms with Gasteiger partial charge in [0.05, 0.1) is 6.61 Å². The van der Waals surface area contributed by atoms with Crippen LogP contribution in [0.25, 0.3) is 0 Å². The lowest BCUT2D eigenvalue weighted by atomic mass is 9.94. The molecule has 2 heterocycles. The van der Waals surface area contributed by atoms with E-state index in [-0.39, 0.29) is 0 Å². The second kappa shape index (κ2) is 5.23. The summed E-state index contributed by atoms with van der Waals surface area (Å²) in [4.78, 5) is 1.58. The molecule has 1 atom stereocenters. The first-order valence-corrected chi connectivity index (χ1v) is 8.32. The number of benzene rings is 1. The molecule has 3 heteroatoms. The average molecular weight is 285 g/mol. The van der Waals surface area contributed by atoms with E-state index < -0.39 is 0 Å². The maximum absolute atomic E-state index is 5.56. The first-order chi connectivity index (χ1) is 9.90. The van der Waals surface area contributed by atoms with Gasteiger partial charge < -0.3 is 10.1 Å². The third kappa shape index (κ3) is 2.25. The minimum absolute atomic E-state index is 0.537. The van der Waals surface area contributed by atoms with Crippen molar-refractivity contribution in [2.75, 3.05) is 6.61 Å². The number of rotatable bonds is 3. The van der Waals surface area contributed by atoms with Gasteiger partial charge in [-0.2, -0.15) is 0 Å². The molecule has 0 fully saturated rings. The highest BCUT2D eigenvalue weighted by Gasteiger charge is 2.20. The van der Waals surface area contributed by atoms with E-state index in [1.807, 2.05) is 11.3 Å². The van der Waals surface area contributed by atoms with Crippen molar-refractivity contribution in [3.05, 3.63) is 51.2 Å². The summed E-state index contributed by atoms with van der Waals surface area (Å²) < 4.78 is 5.56. The van der Waals surface area contributed by atoms with Gasteiger partial charge in [0.15, 0.2) is 0 Å². The van der Waals surface area contributed by atoms with Gasteiger partial charge in [0.1, 0.15) is 5.75 Å². The van der Waals surface area contributed by atoms with E-state index in [1.165, 1.54) is 36.0 Å². The van der Waals surface area contributed by atoms with E-state index in [1.54, 1.807) is 4.88 Å². The standard InChI is InChI=1S/C17H19NOS/c1-2-15(14-7-9-20-17(14)3-1)18-11-12-4-5-16-13(10-12)6-8-19-16/h4-5,7,9-10,15,18H,1-3,6,8,11H2. The second-order valence-electron chi connectivity index (χ2n) is 5.67. The van der Waals surface area contributed by atoms with Crippen LogP contribution in [0.3, 0.4) is 0 Å². The Bertz CT molecular complexity index is 619. The lowest BCUT2D eigenvalue weighted by Crippen LogP contribution is -2.23. The zero-order valence-electron chi connectivity index (χ0n) is 11.5. The Morgan fingerprint density at radius 3 is 3.25 bits per heavy atom. The number of thiophene rings is 1. The predicted molar refractivity (Wildman–Crippen MR) is 82.5 cm³/mol. The molecule has 2 aliphatic rings. The summed E-state index contributed by atoms with van der Waals surface area (Å²) >= 11 is 1.91. The number of hydrogen-bond acceptors (Lipinski definition) is 3. The topological polar surface area (TPSA) is 21.3 Å². The Morgan fingerprint density at radius 1 is 1.25 bits per heavy atom. The van der Waals surface area contributed by atoms with E-state index in [2.05, 4.69) is 35.0 Å². The Kier molecular flexibility index (Phi) is 3.25. The van der Waals surface area contributed by atoms with Gasteiger partial charge in [-0.25, -0.2) is 0 Å². The van der Waals surface area contributed by atoms with Crippen LogP contribution in [0.4, 0.5) is 0 Å². The van der Waals surface area contributed by atoms with E-state index in [0.29, 0.717) is 6.04 Å². The average Bonchev–Trinajstić information content (AvgIpc) is 3.13. The molecule has 1 aromatic carbocycles. The lowest BCUT2D eigenvalue weighted by molar-refractivity contribution is 0.357. The Labute approximate surface area is 123 Å². The Hall–Kier alpha value is -1.32. The molecule has 104 valence electrons. The third-order valence-corrected chi connectivity index (χ3v) is 5.35. The van der Waals surface area contributed by atoms with Gasteiger partial charge in [-0.3, -0.25) is 0 Å². The number of fused-ring (bicyclic) bond motifs is 2. The Balaban J connectivity index is 1.46. The molecule has 0 spiro atoms. The fourth-order valence-electron chi connectivity index (χ4n) is 3.29. The molecular formula is C17H19NOS.